The number of aromatic carboxylic acids is 1. The molecule has 78 valence electrons. The van der Waals surface area contributed by atoms with Gasteiger partial charge < -0.3 is 10.4 Å². The zero-order chi connectivity index (χ0) is 10.4. The first kappa shape index (κ1) is 11.1. The van der Waals surface area contributed by atoms with Crippen LogP contribution in [0.5, 0.6) is 0 Å². The summed E-state index contributed by atoms with van der Waals surface area (Å²) in [6.45, 7) is 3.97. The molecule has 0 radical (unpaired) electrons. The summed E-state index contributed by atoms with van der Waals surface area (Å²) in [5.41, 5.74) is 0.153. The zero-order valence-electron chi connectivity index (χ0n) is 8.12. The van der Waals surface area contributed by atoms with E-state index < -0.39 is 5.97 Å². The Morgan fingerprint density at radius 3 is 3.00 bits per heavy atom. The van der Waals surface area contributed by atoms with Crippen LogP contribution in [0.4, 0.5) is 0 Å². The lowest BCUT2D eigenvalue weighted by molar-refractivity contribution is 0.0691. The van der Waals surface area contributed by atoms with Crippen molar-refractivity contribution >= 4 is 17.3 Å². The summed E-state index contributed by atoms with van der Waals surface area (Å²) in [5.74, 6) is -0.950. The van der Waals surface area contributed by atoms with Gasteiger partial charge in [0, 0.05) is 18.3 Å². The fourth-order valence-corrected chi connectivity index (χ4v) is 1.79. The van der Waals surface area contributed by atoms with E-state index in [-0.39, 0.29) is 5.69 Å². The summed E-state index contributed by atoms with van der Waals surface area (Å²) in [5, 5.41) is 14.3. The Kier molecular flexibility index (Phi) is 4.55. The topological polar surface area (TPSA) is 62.2 Å². The molecule has 0 aliphatic carbocycles. The summed E-state index contributed by atoms with van der Waals surface area (Å²) in [6.07, 6.45) is 1.91. The van der Waals surface area contributed by atoms with Crippen LogP contribution < -0.4 is 5.32 Å². The number of aromatic nitrogens is 1. The van der Waals surface area contributed by atoms with E-state index in [9.17, 15) is 4.79 Å². The summed E-state index contributed by atoms with van der Waals surface area (Å²) >= 11 is 1.40. The molecule has 0 amide bonds. The fourth-order valence-electron chi connectivity index (χ4n) is 1.02. The zero-order valence-corrected chi connectivity index (χ0v) is 8.93. The predicted molar refractivity (Wildman–Crippen MR) is 55.9 cm³/mol. The van der Waals surface area contributed by atoms with Gasteiger partial charge in [0.2, 0.25) is 0 Å². The lowest BCUT2D eigenvalue weighted by Crippen LogP contribution is -2.17. The summed E-state index contributed by atoms with van der Waals surface area (Å²) < 4.78 is 0. The summed E-state index contributed by atoms with van der Waals surface area (Å²) in [4.78, 5) is 14.5. The van der Waals surface area contributed by atoms with E-state index in [0.717, 1.165) is 30.9 Å². The molecule has 1 aromatic rings. The van der Waals surface area contributed by atoms with E-state index in [4.69, 9.17) is 5.11 Å². The van der Waals surface area contributed by atoms with E-state index in [1.54, 1.807) is 5.38 Å². The van der Waals surface area contributed by atoms with Gasteiger partial charge in [-0.15, -0.1) is 11.3 Å². The molecule has 5 heteroatoms. The number of thiazole rings is 1. The molecular formula is C9H14N2O2S. The lowest BCUT2D eigenvalue weighted by Gasteiger charge is -1.98. The third-order valence-electron chi connectivity index (χ3n) is 1.71. The Bertz CT molecular complexity index is 299. The number of carbonyl (C=O) groups is 1. The van der Waals surface area contributed by atoms with E-state index in [1.165, 1.54) is 11.3 Å². The fraction of sp³-hybridized carbons (Fsp3) is 0.556. The van der Waals surface area contributed by atoms with Crippen LogP contribution in [0, 0.1) is 0 Å². The maximum atomic E-state index is 10.5. The Labute approximate surface area is 87.0 Å². The molecule has 0 saturated carbocycles. The lowest BCUT2D eigenvalue weighted by atomic mass is 10.4. The third-order valence-corrected chi connectivity index (χ3v) is 2.62. The highest BCUT2D eigenvalue weighted by Gasteiger charge is 2.07. The normalized spacial score (nSPS) is 10.4. The minimum atomic E-state index is -0.950. The minimum absolute atomic E-state index is 0.153. The molecule has 0 aromatic carbocycles. The SMILES string of the molecule is CCCNCCc1nc(C(=O)O)cs1. The third kappa shape index (κ3) is 3.43. The van der Waals surface area contributed by atoms with Crippen molar-refractivity contribution in [3.8, 4) is 0 Å². The molecule has 1 aromatic heterocycles. The first-order valence-electron chi connectivity index (χ1n) is 4.62. The van der Waals surface area contributed by atoms with Gasteiger partial charge in [0.05, 0.1) is 5.01 Å². The van der Waals surface area contributed by atoms with Gasteiger partial charge in [-0.1, -0.05) is 6.92 Å². The highest BCUT2D eigenvalue weighted by atomic mass is 32.1. The van der Waals surface area contributed by atoms with Crippen LogP contribution in [0.25, 0.3) is 0 Å². The molecule has 0 bridgehead atoms. The Hall–Kier alpha value is -0.940. The number of nitrogens with zero attached hydrogens (tertiary/aromatic N) is 1. The number of nitrogens with one attached hydrogen (secondary N) is 1. The molecule has 4 nitrogen and oxygen atoms in total. The molecular weight excluding hydrogens is 200 g/mol. The molecule has 1 rings (SSSR count). The first-order chi connectivity index (χ1) is 6.74. The molecule has 0 spiro atoms. The van der Waals surface area contributed by atoms with Crippen LogP contribution in [0.2, 0.25) is 0 Å². The van der Waals surface area contributed by atoms with Gasteiger partial charge in [-0.05, 0) is 13.0 Å². The average molecular weight is 214 g/mol. The molecule has 0 aliphatic rings. The summed E-state index contributed by atoms with van der Waals surface area (Å²) in [6, 6.07) is 0. The second-order valence-corrected chi connectivity index (χ2v) is 3.87. The van der Waals surface area contributed by atoms with Crippen LogP contribution in [0.15, 0.2) is 5.38 Å². The van der Waals surface area contributed by atoms with Crippen molar-refractivity contribution in [3.05, 3.63) is 16.1 Å². The molecule has 0 fully saturated rings. The Morgan fingerprint density at radius 1 is 1.64 bits per heavy atom. The first-order valence-corrected chi connectivity index (χ1v) is 5.50. The van der Waals surface area contributed by atoms with E-state index in [2.05, 4.69) is 17.2 Å². The van der Waals surface area contributed by atoms with Crippen LogP contribution in [0.1, 0.15) is 28.8 Å². The van der Waals surface area contributed by atoms with Crippen LogP contribution in [-0.2, 0) is 6.42 Å². The maximum Gasteiger partial charge on any atom is 0.355 e. The highest BCUT2D eigenvalue weighted by molar-refractivity contribution is 7.09. The van der Waals surface area contributed by atoms with E-state index in [0.29, 0.717) is 0 Å². The van der Waals surface area contributed by atoms with Gasteiger partial charge >= 0.3 is 5.97 Å². The van der Waals surface area contributed by atoms with Crippen molar-refractivity contribution in [1.82, 2.24) is 10.3 Å². The van der Waals surface area contributed by atoms with Crippen molar-refractivity contribution < 1.29 is 9.90 Å². The summed E-state index contributed by atoms with van der Waals surface area (Å²) in [7, 11) is 0. The largest absolute Gasteiger partial charge is 0.476 e. The van der Waals surface area contributed by atoms with Crippen LogP contribution in [0.3, 0.4) is 0 Å². The van der Waals surface area contributed by atoms with Gasteiger partial charge in [-0.3, -0.25) is 0 Å². The number of hydrogen-bond donors (Lipinski definition) is 2. The molecule has 2 N–H and O–H groups in total. The standard InChI is InChI=1S/C9H14N2O2S/c1-2-4-10-5-3-8-11-7(6-14-8)9(12)13/h6,10H,2-5H2,1H3,(H,12,13). The second kappa shape index (κ2) is 5.72. The van der Waals surface area contributed by atoms with Gasteiger partial charge in [-0.25, -0.2) is 9.78 Å². The van der Waals surface area contributed by atoms with Crippen molar-refractivity contribution in [1.29, 1.82) is 0 Å². The molecule has 14 heavy (non-hydrogen) atoms. The van der Waals surface area contributed by atoms with Crippen LogP contribution >= 0.6 is 11.3 Å². The van der Waals surface area contributed by atoms with Gasteiger partial charge in [0.25, 0.3) is 0 Å². The Morgan fingerprint density at radius 2 is 2.43 bits per heavy atom. The smallest absolute Gasteiger partial charge is 0.355 e. The molecule has 0 unspecified atom stereocenters. The average Bonchev–Trinajstić information content (AvgIpc) is 2.61. The predicted octanol–water partition coefficient (Wildman–Crippen LogP) is 1.38. The quantitative estimate of drug-likeness (QED) is 0.702. The Balaban J connectivity index is 2.33. The van der Waals surface area contributed by atoms with Gasteiger partial charge in [0.15, 0.2) is 5.69 Å². The van der Waals surface area contributed by atoms with E-state index >= 15 is 0 Å². The van der Waals surface area contributed by atoms with Crippen molar-refractivity contribution in [3.63, 3.8) is 0 Å². The van der Waals surface area contributed by atoms with Gasteiger partial charge in [0.1, 0.15) is 0 Å². The molecule has 0 aliphatic heterocycles. The monoisotopic (exact) mass is 214 g/mol. The van der Waals surface area contributed by atoms with E-state index in [1.807, 2.05) is 0 Å². The highest BCUT2D eigenvalue weighted by Crippen LogP contribution is 2.09. The van der Waals surface area contributed by atoms with Crippen molar-refractivity contribution in [2.24, 2.45) is 0 Å². The minimum Gasteiger partial charge on any atom is -0.476 e. The number of rotatable bonds is 6. The second-order valence-electron chi connectivity index (χ2n) is 2.93. The van der Waals surface area contributed by atoms with Crippen LogP contribution in [-0.4, -0.2) is 29.1 Å². The van der Waals surface area contributed by atoms with Gasteiger partial charge in [-0.2, -0.15) is 0 Å². The number of carboxylic acids is 1. The number of carboxylic acid groups (broad SMARTS) is 1. The maximum absolute atomic E-state index is 10.5. The number of hydrogen-bond acceptors (Lipinski definition) is 4. The molecule has 0 atom stereocenters. The van der Waals surface area contributed by atoms with Crippen molar-refractivity contribution in [2.75, 3.05) is 13.1 Å². The molecule has 1 heterocycles. The van der Waals surface area contributed by atoms with Crippen molar-refractivity contribution in [2.45, 2.75) is 19.8 Å². The molecule has 0 saturated heterocycles.